The topological polar surface area (TPSA) is 53.5 Å². The fraction of sp³-hybridized carbons (Fsp3) is 0.353. The standard InChI is InChI=1S/C17H21N3O2S/c1-4-19-10-11-20(15-6-5-9-18-17(15)19)23(21,22)16-8-7-13(2)12-14(16)3/h5-9,12H,4,10-11H2,1-3H3. The van der Waals surface area contributed by atoms with Gasteiger partial charge in [0.05, 0.1) is 17.1 Å². The summed E-state index contributed by atoms with van der Waals surface area (Å²) < 4.78 is 27.8. The van der Waals surface area contributed by atoms with Crippen molar-refractivity contribution >= 4 is 21.5 Å². The summed E-state index contributed by atoms with van der Waals surface area (Å²) in [6, 6.07) is 9.04. The van der Waals surface area contributed by atoms with Gasteiger partial charge in [-0.2, -0.15) is 0 Å². The van der Waals surface area contributed by atoms with Crippen LogP contribution in [0.15, 0.2) is 41.4 Å². The fourth-order valence-electron chi connectivity index (χ4n) is 3.03. The smallest absolute Gasteiger partial charge is 0.264 e. The number of aromatic nitrogens is 1. The number of benzene rings is 1. The maximum atomic E-state index is 13.2. The molecule has 0 amide bonds. The predicted molar refractivity (Wildman–Crippen MR) is 92.6 cm³/mol. The minimum Gasteiger partial charge on any atom is -0.353 e. The molecule has 122 valence electrons. The number of hydrogen-bond acceptors (Lipinski definition) is 4. The molecule has 2 aromatic rings. The molecule has 1 aromatic carbocycles. The summed E-state index contributed by atoms with van der Waals surface area (Å²) in [5, 5.41) is 0. The fourth-order valence-corrected chi connectivity index (χ4v) is 4.70. The minimum atomic E-state index is -3.59. The van der Waals surface area contributed by atoms with E-state index in [2.05, 4.69) is 9.88 Å². The predicted octanol–water partition coefficient (Wildman–Crippen LogP) is 2.73. The highest BCUT2D eigenvalue weighted by Crippen LogP contribution is 2.35. The average Bonchev–Trinajstić information content (AvgIpc) is 2.53. The Labute approximate surface area is 137 Å². The molecule has 1 aromatic heterocycles. The lowest BCUT2D eigenvalue weighted by molar-refractivity contribution is 0.587. The summed E-state index contributed by atoms with van der Waals surface area (Å²) in [4.78, 5) is 6.85. The average molecular weight is 331 g/mol. The molecule has 0 saturated carbocycles. The van der Waals surface area contributed by atoms with Crippen LogP contribution in [0.4, 0.5) is 11.5 Å². The number of nitrogens with zero attached hydrogens (tertiary/aromatic N) is 3. The highest BCUT2D eigenvalue weighted by atomic mass is 32.2. The van der Waals surface area contributed by atoms with E-state index in [4.69, 9.17) is 0 Å². The molecule has 6 heteroatoms. The molecular weight excluding hydrogens is 310 g/mol. The molecule has 0 saturated heterocycles. The van der Waals surface area contributed by atoms with E-state index in [0.717, 1.165) is 23.5 Å². The normalized spacial score (nSPS) is 14.7. The molecule has 0 radical (unpaired) electrons. The summed E-state index contributed by atoms with van der Waals surface area (Å²) in [5.74, 6) is 0.731. The summed E-state index contributed by atoms with van der Waals surface area (Å²) in [7, 11) is -3.59. The van der Waals surface area contributed by atoms with Crippen molar-refractivity contribution in [3.8, 4) is 0 Å². The summed E-state index contributed by atoms with van der Waals surface area (Å²) in [6.07, 6.45) is 1.70. The van der Waals surface area contributed by atoms with Crippen LogP contribution < -0.4 is 9.21 Å². The van der Waals surface area contributed by atoms with Crippen LogP contribution in [-0.2, 0) is 10.0 Å². The Hall–Kier alpha value is -2.08. The number of fused-ring (bicyclic) bond motifs is 1. The maximum absolute atomic E-state index is 13.2. The highest BCUT2D eigenvalue weighted by molar-refractivity contribution is 7.93. The zero-order valence-corrected chi connectivity index (χ0v) is 14.5. The van der Waals surface area contributed by atoms with E-state index in [0.29, 0.717) is 23.7 Å². The summed E-state index contributed by atoms with van der Waals surface area (Å²) >= 11 is 0. The Bertz CT molecular complexity index is 833. The second-order valence-corrected chi connectivity index (χ2v) is 7.60. The Kier molecular flexibility index (Phi) is 4.02. The SMILES string of the molecule is CCN1CCN(S(=O)(=O)c2ccc(C)cc2C)c2cccnc21. The number of aryl methyl sites for hydroxylation is 2. The molecule has 0 atom stereocenters. The van der Waals surface area contributed by atoms with E-state index in [-0.39, 0.29) is 0 Å². The van der Waals surface area contributed by atoms with Gasteiger partial charge in [0.2, 0.25) is 0 Å². The van der Waals surface area contributed by atoms with E-state index < -0.39 is 10.0 Å². The first-order chi connectivity index (χ1) is 10.9. The van der Waals surface area contributed by atoms with Crippen LogP contribution in [0.2, 0.25) is 0 Å². The monoisotopic (exact) mass is 331 g/mol. The molecule has 1 aliphatic rings. The first-order valence-electron chi connectivity index (χ1n) is 7.75. The van der Waals surface area contributed by atoms with Gasteiger partial charge in [-0.15, -0.1) is 0 Å². The zero-order valence-electron chi connectivity index (χ0n) is 13.7. The largest absolute Gasteiger partial charge is 0.353 e. The Balaban J connectivity index is 2.11. The Morgan fingerprint density at radius 1 is 1.17 bits per heavy atom. The number of likely N-dealkylation sites (N-methyl/N-ethyl adjacent to an activating group) is 1. The van der Waals surface area contributed by atoms with Gasteiger partial charge in [0.1, 0.15) is 0 Å². The third-order valence-corrected chi connectivity index (χ3v) is 6.16. The molecular formula is C17H21N3O2S. The minimum absolute atomic E-state index is 0.364. The van der Waals surface area contributed by atoms with Gasteiger partial charge in [0.25, 0.3) is 10.0 Å². The number of rotatable bonds is 3. The van der Waals surface area contributed by atoms with E-state index >= 15 is 0 Å². The molecule has 1 aliphatic heterocycles. The molecule has 0 aliphatic carbocycles. The van der Waals surface area contributed by atoms with Gasteiger partial charge in [-0.05, 0) is 44.5 Å². The van der Waals surface area contributed by atoms with E-state index in [9.17, 15) is 8.42 Å². The Morgan fingerprint density at radius 3 is 2.65 bits per heavy atom. The quantitative estimate of drug-likeness (QED) is 0.868. The van der Waals surface area contributed by atoms with Crippen LogP contribution >= 0.6 is 0 Å². The molecule has 5 nitrogen and oxygen atoms in total. The molecule has 0 fully saturated rings. The molecule has 0 spiro atoms. The van der Waals surface area contributed by atoms with Crippen molar-refractivity contribution in [2.45, 2.75) is 25.7 Å². The summed E-state index contributed by atoms with van der Waals surface area (Å²) in [6.45, 7) is 7.73. The number of hydrogen-bond donors (Lipinski definition) is 0. The number of anilines is 2. The van der Waals surface area contributed by atoms with Gasteiger partial charge in [-0.25, -0.2) is 13.4 Å². The van der Waals surface area contributed by atoms with E-state index in [1.807, 2.05) is 39.0 Å². The lowest BCUT2D eigenvalue weighted by Crippen LogP contribution is -2.44. The van der Waals surface area contributed by atoms with Gasteiger partial charge < -0.3 is 4.90 Å². The van der Waals surface area contributed by atoms with Gasteiger partial charge in [-0.1, -0.05) is 17.7 Å². The first kappa shape index (κ1) is 15.8. The van der Waals surface area contributed by atoms with Crippen molar-refractivity contribution in [3.63, 3.8) is 0 Å². The van der Waals surface area contributed by atoms with Crippen LogP contribution in [0, 0.1) is 13.8 Å². The second kappa shape index (κ2) is 5.85. The summed E-state index contributed by atoms with van der Waals surface area (Å²) in [5.41, 5.74) is 2.48. The van der Waals surface area contributed by atoms with Gasteiger partial charge in [0, 0.05) is 19.3 Å². The first-order valence-corrected chi connectivity index (χ1v) is 9.19. The van der Waals surface area contributed by atoms with Crippen molar-refractivity contribution in [2.24, 2.45) is 0 Å². The molecule has 0 bridgehead atoms. The number of pyridine rings is 1. The number of sulfonamides is 1. The van der Waals surface area contributed by atoms with Gasteiger partial charge in [0.15, 0.2) is 5.82 Å². The van der Waals surface area contributed by atoms with Crippen molar-refractivity contribution in [3.05, 3.63) is 47.7 Å². The molecule has 23 heavy (non-hydrogen) atoms. The second-order valence-electron chi connectivity index (χ2n) is 5.77. The van der Waals surface area contributed by atoms with Crippen molar-refractivity contribution in [1.82, 2.24) is 4.98 Å². The maximum Gasteiger partial charge on any atom is 0.264 e. The van der Waals surface area contributed by atoms with Crippen LogP contribution in [0.1, 0.15) is 18.1 Å². The van der Waals surface area contributed by atoms with E-state index in [1.165, 1.54) is 4.31 Å². The van der Waals surface area contributed by atoms with Gasteiger partial charge in [-0.3, -0.25) is 4.31 Å². The lowest BCUT2D eigenvalue weighted by atomic mass is 10.2. The third kappa shape index (κ3) is 2.67. The van der Waals surface area contributed by atoms with Crippen LogP contribution in [0.5, 0.6) is 0 Å². The molecule has 0 unspecified atom stereocenters. The highest BCUT2D eigenvalue weighted by Gasteiger charge is 2.32. The van der Waals surface area contributed by atoms with Gasteiger partial charge >= 0.3 is 0 Å². The van der Waals surface area contributed by atoms with Crippen molar-refractivity contribution in [1.29, 1.82) is 0 Å². The van der Waals surface area contributed by atoms with Crippen LogP contribution in [0.3, 0.4) is 0 Å². The molecule has 2 heterocycles. The molecule has 3 rings (SSSR count). The zero-order chi connectivity index (χ0) is 16.6. The van der Waals surface area contributed by atoms with Crippen molar-refractivity contribution < 1.29 is 8.42 Å². The van der Waals surface area contributed by atoms with Crippen LogP contribution in [0.25, 0.3) is 0 Å². The lowest BCUT2D eigenvalue weighted by Gasteiger charge is -2.36. The van der Waals surface area contributed by atoms with Crippen molar-refractivity contribution in [2.75, 3.05) is 28.8 Å². The third-order valence-electron chi connectivity index (χ3n) is 4.19. The molecule has 0 N–H and O–H groups in total. The van der Waals surface area contributed by atoms with Crippen LogP contribution in [-0.4, -0.2) is 33.0 Å². The van der Waals surface area contributed by atoms with E-state index in [1.54, 1.807) is 18.3 Å². The Morgan fingerprint density at radius 2 is 1.96 bits per heavy atom.